The van der Waals surface area contributed by atoms with Crippen molar-refractivity contribution in [2.45, 2.75) is 46.6 Å². The minimum Gasteiger partial charge on any atom is -0.483 e. The van der Waals surface area contributed by atoms with Crippen molar-refractivity contribution in [2.24, 2.45) is 0 Å². The molecule has 5 heteroatoms. The first kappa shape index (κ1) is 18.0. The highest BCUT2D eigenvalue weighted by Gasteiger charge is 2.16. The molecule has 1 aromatic rings. The number of carbonyl (C=O) groups is 2. The Morgan fingerprint density at radius 2 is 1.77 bits per heavy atom. The molecule has 0 saturated heterocycles. The van der Waals surface area contributed by atoms with Gasteiger partial charge in [0.05, 0.1) is 6.42 Å². The van der Waals surface area contributed by atoms with E-state index in [1.165, 1.54) is 0 Å². The van der Waals surface area contributed by atoms with E-state index in [1.807, 2.05) is 26.0 Å². The van der Waals surface area contributed by atoms with Gasteiger partial charge in [0.1, 0.15) is 11.4 Å². The van der Waals surface area contributed by atoms with E-state index in [-0.39, 0.29) is 31.4 Å². The molecule has 0 saturated carbocycles. The summed E-state index contributed by atoms with van der Waals surface area (Å²) in [5.74, 6) is 0.0928. The third kappa shape index (κ3) is 6.61. The van der Waals surface area contributed by atoms with Crippen LogP contribution in [-0.2, 0) is 14.3 Å². The van der Waals surface area contributed by atoms with Crippen LogP contribution in [0.2, 0.25) is 0 Å². The maximum atomic E-state index is 11.7. The smallest absolute Gasteiger partial charge is 0.308 e. The number of esters is 1. The van der Waals surface area contributed by atoms with Crippen LogP contribution in [-0.4, -0.2) is 30.6 Å². The summed E-state index contributed by atoms with van der Waals surface area (Å²) >= 11 is 0. The first-order chi connectivity index (χ1) is 10.2. The number of ether oxygens (including phenoxy) is 2. The number of hydrogen-bond acceptors (Lipinski definition) is 4. The summed E-state index contributed by atoms with van der Waals surface area (Å²) < 4.78 is 10.7. The molecule has 0 aliphatic heterocycles. The summed E-state index contributed by atoms with van der Waals surface area (Å²) in [6.07, 6.45) is 0.140. The van der Waals surface area contributed by atoms with Gasteiger partial charge in [-0.3, -0.25) is 9.59 Å². The Labute approximate surface area is 132 Å². The molecule has 1 amide bonds. The summed E-state index contributed by atoms with van der Waals surface area (Å²) in [6, 6.07) is 6.61. The van der Waals surface area contributed by atoms with Crippen LogP contribution in [0, 0.1) is 19.9 Å². The average Bonchev–Trinajstić information content (AvgIpc) is 2.36. The molecule has 121 valence electrons. The molecule has 0 heterocycles. The number of nitrogens with one attached hydrogen (secondary N) is 1. The number of amides is 1. The highest BCUT2D eigenvalue weighted by Crippen LogP contribution is 2.21. The number of hydrogen-bond donors (Lipinski definition) is 1. The lowest BCUT2D eigenvalue weighted by molar-refractivity contribution is -0.154. The van der Waals surface area contributed by atoms with E-state index in [1.54, 1.807) is 20.8 Å². The lowest BCUT2D eigenvalue weighted by Gasteiger charge is -2.19. The van der Waals surface area contributed by atoms with Crippen molar-refractivity contribution >= 4 is 11.9 Å². The van der Waals surface area contributed by atoms with Gasteiger partial charge in [0.15, 0.2) is 6.61 Å². The normalized spacial score (nSPS) is 11.0. The van der Waals surface area contributed by atoms with Crippen LogP contribution in [0.3, 0.4) is 0 Å². The number of benzene rings is 1. The summed E-state index contributed by atoms with van der Waals surface area (Å²) in [5.41, 5.74) is 1.35. The SMILES string of the molecule is Cc1c[c]cc(C)c1OCC(=O)NCCC(=O)OC(C)(C)C. The molecule has 1 rings (SSSR count). The summed E-state index contributed by atoms with van der Waals surface area (Å²) in [5, 5.41) is 2.64. The van der Waals surface area contributed by atoms with Gasteiger partial charge in [-0.1, -0.05) is 0 Å². The largest absolute Gasteiger partial charge is 0.483 e. The van der Waals surface area contributed by atoms with Crippen molar-refractivity contribution < 1.29 is 19.1 Å². The van der Waals surface area contributed by atoms with Gasteiger partial charge in [-0.25, -0.2) is 0 Å². The van der Waals surface area contributed by atoms with E-state index < -0.39 is 5.60 Å². The Bertz CT molecular complexity index is 512. The zero-order valence-electron chi connectivity index (χ0n) is 13.9. The second-order valence-electron chi connectivity index (χ2n) is 6.13. The van der Waals surface area contributed by atoms with E-state index in [2.05, 4.69) is 11.4 Å². The fraction of sp³-hybridized carbons (Fsp3) is 0.529. The van der Waals surface area contributed by atoms with Crippen LogP contribution in [0.25, 0.3) is 0 Å². The van der Waals surface area contributed by atoms with E-state index in [0.717, 1.165) is 11.1 Å². The molecule has 1 aromatic carbocycles. The van der Waals surface area contributed by atoms with Crippen LogP contribution in [0.4, 0.5) is 0 Å². The van der Waals surface area contributed by atoms with Crippen LogP contribution < -0.4 is 10.1 Å². The molecule has 0 spiro atoms. The van der Waals surface area contributed by atoms with E-state index in [0.29, 0.717) is 5.75 Å². The van der Waals surface area contributed by atoms with Gasteiger partial charge >= 0.3 is 5.97 Å². The molecule has 0 aromatic heterocycles. The van der Waals surface area contributed by atoms with Crippen molar-refractivity contribution in [1.29, 1.82) is 0 Å². The first-order valence-electron chi connectivity index (χ1n) is 7.27. The molecule has 22 heavy (non-hydrogen) atoms. The minimum atomic E-state index is -0.510. The van der Waals surface area contributed by atoms with E-state index in [4.69, 9.17) is 9.47 Å². The van der Waals surface area contributed by atoms with Gasteiger partial charge in [0.25, 0.3) is 5.91 Å². The lowest BCUT2D eigenvalue weighted by Crippen LogP contribution is -2.32. The standard InChI is InChI=1S/C17H24NO4/c1-12-7-6-8-13(2)16(12)21-11-14(19)18-10-9-15(20)22-17(3,4)5/h7-8H,9-11H2,1-5H3,(H,18,19). The van der Waals surface area contributed by atoms with Gasteiger partial charge in [-0.05, 0) is 63.9 Å². The van der Waals surface area contributed by atoms with Crippen LogP contribution in [0.5, 0.6) is 5.75 Å². The van der Waals surface area contributed by atoms with Crippen molar-refractivity contribution in [2.75, 3.05) is 13.2 Å². The fourth-order valence-electron chi connectivity index (χ4n) is 1.85. The van der Waals surface area contributed by atoms with Gasteiger partial charge in [0.2, 0.25) is 0 Å². The quantitative estimate of drug-likeness (QED) is 0.819. The van der Waals surface area contributed by atoms with E-state index >= 15 is 0 Å². The molecular formula is C17H24NO4. The highest BCUT2D eigenvalue weighted by atomic mass is 16.6. The number of rotatable bonds is 6. The Kier molecular flexibility index (Phi) is 6.40. The van der Waals surface area contributed by atoms with Crippen molar-refractivity contribution in [3.8, 4) is 5.75 Å². The van der Waals surface area contributed by atoms with Gasteiger partial charge < -0.3 is 14.8 Å². The van der Waals surface area contributed by atoms with Crippen molar-refractivity contribution in [3.05, 3.63) is 29.3 Å². The molecule has 0 atom stereocenters. The summed E-state index contributed by atoms with van der Waals surface area (Å²) in [4.78, 5) is 23.2. The Morgan fingerprint density at radius 3 is 2.32 bits per heavy atom. The second-order valence-corrected chi connectivity index (χ2v) is 6.13. The number of aryl methyl sites for hydroxylation is 2. The Balaban J connectivity index is 2.31. The summed E-state index contributed by atoms with van der Waals surface area (Å²) in [7, 11) is 0. The molecule has 1 radical (unpaired) electrons. The van der Waals surface area contributed by atoms with Crippen LogP contribution in [0.1, 0.15) is 38.3 Å². The minimum absolute atomic E-state index is 0.0833. The molecule has 1 N–H and O–H groups in total. The molecule has 0 unspecified atom stereocenters. The zero-order chi connectivity index (χ0) is 16.8. The van der Waals surface area contributed by atoms with Gasteiger partial charge in [0, 0.05) is 6.54 Å². The maximum absolute atomic E-state index is 11.7. The first-order valence-corrected chi connectivity index (χ1v) is 7.27. The Morgan fingerprint density at radius 1 is 1.18 bits per heavy atom. The second kappa shape index (κ2) is 7.82. The lowest BCUT2D eigenvalue weighted by atomic mass is 10.1. The molecule has 0 fully saturated rings. The van der Waals surface area contributed by atoms with Crippen molar-refractivity contribution in [1.82, 2.24) is 5.32 Å². The van der Waals surface area contributed by atoms with E-state index in [9.17, 15) is 9.59 Å². The number of carbonyl (C=O) groups excluding carboxylic acids is 2. The predicted octanol–water partition coefficient (Wildman–Crippen LogP) is 2.33. The molecular weight excluding hydrogens is 282 g/mol. The predicted molar refractivity (Wildman–Crippen MR) is 83.7 cm³/mol. The van der Waals surface area contributed by atoms with Crippen molar-refractivity contribution in [3.63, 3.8) is 0 Å². The monoisotopic (exact) mass is 306 g/mol. The average molecular weight is 306 g/mol. The highest BCUT2D eigenvalue weighted by molar-refractivity contribution is 5.78. The topological polar surface area (TPSA) is 64.6 Å². The van der Waals surface area contributed by atoms with Crippen LogP contribution in [0.15, 0.2) is 12.1 Å². The Hall–Kier alpha value is -2.04. The maximum Gasteiger partial charge on any atom is 0.308 e. The summed E-state index contributed by atoms with van der Waals surface area (Å²) in [6.45, 7) is 9.37. The zero-order valence-corrected chi connectivity index (χ0v) is 13.9. The van der Waals surface area contributed by atoms with Gasteiger partial charge in [-0.2, -0.15) is 0 Å². The molecule has 0 aliphatic rings. The van der Waals surface area contributed by atoms with Crippen LogP contribution >= 0.6 is 0 Å². The van der Waals surface area contributed by atoms with Gasteiger partial charge in [-0.15, -0.1) is 0 Å². The third-order valence-electron chi connectivity index (χ3n) is 2.73. The molecule has 0 aliphatic carbocycles. The molecule has 0 bridgehead atoms. The third-order valence-corrected chi connectivity index (χ3v) is 2.73. The molecule has 5 nitrogen and oxygen atoms in total. The fourth-order valence-corrected chi connectivity index (χ4v) is 1.85.